The molecule has 1 atom stereocenters. The largest absolute Gasteiger partial charge is 0.495 e. The van der Waals surface area contributed by atoms with Crippen LogP contribution in [0.5, 0.6) is 5.75 Å². The van der Waals surface area contributed by atoms with E-state index in [9.17, 15) is 4.79 Å². The second kappa shape index (κ2) is 11.1. The van der Waals surface area contributed by atoms with Crippen LogP contribution < -0.4 is 20.7 Å². The van der Waals surface area contributed by atoms with E-state index in [-0.39, 0.29) is 5.91 Å². The van der Waals surface area contributed by atoms with Gasteiger partial charge in [-0.15, -0.1) is 0 Å². The Kier molecular flexibility index (Phi) is 8.52. The van der Waals surface area contributed by atoms with Crippen molar-refractivity contribution in [2.45, 2.75) is 40.2 Å². The lowest BCUT2D eigenvalue weighted by Crippen LogP contribution is -2.39. The van der Waals surface area contributed by atoms with Crippen LogP contribution in [0.2, 0.25) is 0 Å². The van der Waals surface area contributed by atoms with Crippen molar-refractivity contribution in [2.75, 3.05) is 25.5 Å². The van der Waals surface area contributed by atoms with Gasteiger partial charge in [-0.3, -0.25) is 4.79 Å². The van der Waals surface area contributed by atoms with Gasteiger partial charge in [0.1, 0.15) is 5.75 Å². The zero-order valence-electron chi connectivity index (χ0n) is 18.0. The Morgan fingerprint density at radius 2 is 1.86 bits per heavy atom. The van der Waals surface area contributed by atoms with Crippen LogP contribution in [-0.2, 0) is 11.3 Å². The van der Waals surface area contributed by atoms with Crippen molar-refractivity contribution in [1.82, 2.24) is 10.6 Å². The number of aliphatic imine (C=N–C) groups is 1. The summed E-state index contributed by atoms with van der Waals surface area (Å²) in [7, 11) is 1.58. The summed E-state index contributed by atoms with van der Waals surface area (Å²) in [6, 6.07) is 14.3. The molecule has 1 amide bonds. The fourth-order valence-corrected chi connectivity index (χ4v) is 2.92. The van der Waals surface area contributed by atoms with Gasteiger partial charge in [-0.25, -0.2) is 4.99 Å². The van der Waals surface area contributed by atoms with Gasteiger partial charge < -0.3 is 20.7 Å². The minimum atomic E-state index is -0.135. The molecule has 6 nitrogen and oxygen atoms in total. The zero-order valence-corrected chi connectivity index (χ0v) is 18.0. The first kappa shape index (κ1) is 22.3. The molecule has 0 saturated carbocycles. The number of carbonyl (C=O) groups excluding carboxylic acids is 1. The summed E-state index contributed by atoms with van der Waals surface area (Å²) in [4.78, 5) is 16.1. The number of anilines is 1. The third-order valence-corrected chi connectivity index (χ3v) is 4.56. The highest BCUT2D eigenvalue weighted by Gasteiger charge is 2.08. The van der Waals surface area contributed by atoms with Gasteiger partial charge in [0.2, 0.25) is 5.91 Å². The highest BCUT2D eigenvalue weighted by Crippen LogP contribution is 2.25. The highest BCUT2D eigenvalue weighted by atomic mass is 16.5. The predicted molar refractivity (Wildman–Crippen MR) is 120 cm³/mol. The van der Waals surface area contributed by atoms with Crippen molar-refractivity contribution in [1.29, 1.82) is 0 Å². The number of methoxy groups -OCH3 is 1. The molecule has 6 heteroatoms. The third kappa shape index (κ3) is 7.14. The molecule has 0 bridgehead atoms. The molecule has 3 N–H and O–H groups in total. The second-order valence-corrected chi connectivity index (χ2v) is 7.10. The predicted octanol–water partition coefficient (Wildman–Crippen LogP) is 3.82. The standard InChI is InChI=1S/C23H32N4O2/c1-6-24-23(25-14-17(3)20-10-7-16(2)8-11-20)26-15-19-9-12-22(29-5)21(13-19)27-18(4)28/h7-13,17H,6,14-15H2,1-5H3,(H,27,28)(H2,24,25,26). The van der Waals surface area contributed by atoms with Crippen LogP contribution in [0.3, 0.4) is 0 Å². The van der Waals surface area contributed by atoms with Gasteiger partial charge in [0, 0.05) is 20.0 Å². The molecule has 2 aromatic carbocycles. The second-order valence-electron chi connectivity index (χ2n) is 7.10. The van der Waals surface area contributed by atoms with E-state index in [2.05, 4.69) is 59.1 Å². The van der Waals surface area contributed by atoms with E-state index in [4.69, 9.17) is 4.74 Å². The van der Waals surface area contributed by atoms with E-state index in [0.717, 1.165) is 24.6 Å². The molecule has 0 aliphatic rings. The molecule has 0 radical (unpaired) electrons. The number of guanidine groups is 1. The summed E-state index contributed by atoms with van der Waals surface area (Å²) < 4.78 is 5.30. The van der Waals surface area contributed by atoms with Gasteiger partial charge in [0.15, 0.2) is 5.96 Å². The van der Waals surface area contributed by atoms with Crippen molar-refractivity contribution in [3.05, 3.63) is 59.2 Å². The first-order valence-electron chi connectivity index (χ1n) is 9.96. The normalized spacial score (nSPS) is 12.2. The molecule has 29 heavy (non-hydrogen) atoms. The van der Waals surface area contributed by atoms with Gasteiger partial charge in [0.25, 0.3) is 0 Å². The third-order valence-electron chi connectivity index (χ3n) is 4.56. The van der Waals surface area contributed by atoms with Gasteiger partial charge in [-0.05, 0) is 43.0 Å². The van der Waals surface area contributed by atoms with Gasteiger partial charge in [-0.1, -0.05) is 42.8 Å². The van der Waals surface area contributed by atoms with Crippen molar-refractivity contribution >= 4 is 17.6 Å². The molecule has 0 aliphatic heterocycles. The van der Waals surface area contributed by atoms with Gasteiger partial charge in [-0.2, -0.15) is 0 Å². The zero-order chi connectivity index (χ0) is 21.2. The van der Waals surface area contributed by atoms with E-state index in [0.29, 0.717) is 23.9 Å². The van der Waals surface area contributed by atoms with E-state index in [1.54, 1.807) is 7.11 Å². The van der Waals surface area contributed by atoms with Crippen molar-refractivity contribution in [2.24, 2.45) is 4.99 Å². The van der Waals surface area contributed by atoms with Crippen LogP contribution in [0, 0.1) is 6.92 Å². The van der Waals surface area contributed by atoms with E-state index in [1.165, 1.54) is 18.1 Å². The fourth-order valence-electron chi connectivity index (χ4n) is 2.92. The van der Waals surface area contributed by atoms with Crippen molar-refractivity contribution in [3.8, 4) is 5.75 Å². The number of hydrogen-bond donors (Lipinski definition) is 3. The maximum atomic E-state index is 11.4. The lowest BCUT2D eigenvalue weighted by atomic mass is 10.0. The molecule has 2 rings (SSSR count). The topological polar surface area (TPSA) is 74.8 Å². The minimum Gasteiger partial charge on any atom is -0.495 e. The SMILES string of the molecule is CCNC(=NCc1ccc(OC)c(NC(C)=O)c1)NCC(C)c1ccc(C)cc1. The average molecular weight is 397 g/mol. The molecule has 0 aliphatic carbocycles. The molecule has 1 unspecified atom stereocenters. The number of ether oxygens (including phenoxy) is 1. The molecule has 0 fully saturated rings. The minimum absolute atomic E-state index is 0.135. The molecule has 0 spiro atoms. The summed E-state index contributed by atoms with van der Waals surface area (Å²) in [5.41, 5.74) is 4.20. The number of rotatable bonds is 8. The Hall–Kier alpha value is -3.02. The van der Waals surface area contributed by atoms with Gasteiger partial charge >= 0.3 is 0 Å². The molecular weight excluding hydrogens is 364 g/mol. The summed E-state index contributed by atoms with van der Waals surface area (Å²) >= 11 is 0. The summed E-state index contributed by atoms with van der Waals surface area (Å²) in [6.07, 6.45) is 0. The number of nitrogens with one attached hydrogen (secondary N) is 3. The number of aryl methyl sites for hydroxylation is 1. The van der Waals surface area contributed by atoms with Crippen molar-refractivity contribution in [3.63, 3.8) is 0 Å². The summed E-state index contributed by atoms with van der Waals surface area (Å²) in [5, 5.41) is 9.50. The van der Waals surface area contributed by atoms with Crippen LogP contribution in [0.25, 0.3) is 0 Å². The fraction of sp³-hybridized carbons (Fsp3) is 0.391. The quantitative estimate of drug-likeness (QED) is 0.468. The Morgan fingerprint density at radius 3 is 2.48 bits per heavy atom. The number of carbonyl (C=O) groups is 1. The first-order valence-corrected chi connectivity index (χ1v) is 9.96. The van der Waals surface area contributed by atoms with E-state index < -0.39 is 0 Å². The van der Waals surface area contributed by atoms with Crippen LogP contribution in [-0.4, -0.2) is 32.1 Å². The van der Waals surface area contributed by atoms with Gasteiger partial charge in [0.05, 0.1) is 19.3 Å². The molecular formula is C23H32N4O2. The Labute approximate surface area is 173 Å². The van der Waals surface area contributed by atoms with Crippen LogP contribution in [0.4, 0.5) is 5.69 Å². The number of hydrogen-bond acceptors (Lipinski definition) is 3. The maximum Gasteiger partial charge on any atom is 0.221 e. The molecule has 0 aromatic heterocycles. The lowest BCUT2D eigenvalue weighted by molar-refractivity contribution is -0.114. The summed E-state index contributed by atoms with van der Waals surface area (Å²) in [5.74, 6) is 1.63. The Balaban J connectivity index is 2.04. The summed E-state index contributed by atoms with van der Waals surface area (Å²) in [6.45, 7) is 9.88. The Bertz CT molecular complexity index is 831. The van der Waals surface area contributed by atoms with E-state index >= 15 is 0 Å². The molecule has 0 saturated heterocycles. The highest BCUT2D eigenvalue weighted by molar-refractivity contribution is 5.90. The monoisotopic (exact) mass is 396 g/mol. The molecule has 156 valence electrons. The van der Waals surface area contributed by atoms with Crippen LogP contribution >= 0.6 is 0 Å². The smallest absolute Gasteiger partial charge is 0.221 e. The van der Waals surface area contributed by atoms with Crippen LogP contribution in [0.15, 0.2) is 47.5 Å². The van der Waals surface area contributed by atoms with E-state index in [1.807, 2.05) is 25.1 Å². The Morgan fingerprint density at radius 1 is 1.14 bits per heavy atom. The average Bonchev–Trinajstić information content (AvgIpc) is 2.70. The number of amides is 1. The number of nitrogens with zero attached hydrogens (tertiary/aromatic N) is 1. The molecule has 2 aromatic rings. The first-order chi connectivity index (χ1) is 13.9. The van der Waals surface area contributed by atoms with Crippen LogP contribution in [0.1, 0.15) is 43.4 Å². The molecule has 0 heterocycles. The maximum absolute atomic E-state index is 11.4. The number of benzene rings is 2. The lowest BCUT2D eigenvalue weighted by Gasteiger charge is -2.16. The van der Waals surface area contributed by atoms with Crippen molar-refractivity contribution < 1.29 is 9.53 Å².